The van der Waals surface area contributed by atoms with Crippen molar-refractivity contribution in [2.75, 3.05) is 6.61 Å². The van der Waals surface area contributed by atoms with E-state index in [1.807, 2.05) is 30.3 Å². The molecule has 27 heavy (non-hydrogen) atoms. The normalized spacial score (nSPS) is 10.6. The third kappa shape index (κ3) is 3.72. The molecular weight excluding hydrogens is 346 g/mol. The summed E-state index contributed by atoms with van der Waals surface area (Å²) in [6, 6.07) is 15.8. The highest BCUT2D eigenvalue weighted by Crippen LogP contribution is 2.26. The van der Waals surface area contributed by atoms with Gasteiger partial charge in [-0.25, -0.2) is 9.48 Å². The lowest BCUT2D eigenvalue weighted by molar-refractivity contribution is -0.385. The van der Waals surface area contributed by atoms with Gasteiger partial charge in [-0.15, -0.1) is 0 Å². The Morgan fingerprint density at radius 2 is 1.81 bits per heavy atom. The molecule has 0 fully saturated rings. The van der Waals surface area contributed by atoms with Gasteiger partial charge < -0.3 is 4.74 Å². The molecule has 0 aliphatic rings. The Morgan fingerprint density at radius 1 is 1.15 bits per heavy atom. The zero-order valence-corrected chi connectivity index (χ0v) is 15.1. The van der Waals surface area contributed by atoms with Crippen molar-refractivity contribution >= 4 is 11.7 Å². The summed E-state index contributed by atoms with van der Waals surface area (Å²) in [6.07, 6.45) is 0.182. The lowest BCUT2D eigenvalue weighted by Crippen LogP contribution is -2.11. The average molecular weight is 365 g/mol. The lowest BCUT2D eigenvalue weighted by atomic mass is 10.0. The van der Waals surface area contributed by atoms with Gasteiger partial charge in [0.15, 0.2) is 0 Å². The second-order valence-electron chi connectivity index (χ2n) is 5.94. The van der Waals surface area contributed by atoms with E-state index in [1.54, 1.807) is 36.7 Å². The molecule has 0 spiro atoms. The molecule has 0 saturated heterocycles. The molecule has 1 heterocycles. The van der Waals surface area contributed by atoms with Gasteiger partial charge in [0.25, 0.3) is 5.69 Å². The van der Waals surface area contributed by atoms with Crippen LogP contribution in [-0.4, -0.2) is 27.3 Å². The number of esters is 1. The van der Waals surface area contributed by atoms with Crippen molar-refractivity contribution in [2.45, 2.75) is 20.3 Å². The number of nitro groups is 1. The Kier molecular flexibility index (Phi) is 5.30. The van der Waals surface area contributed by atoms with Gasteiger partial charge in [0.2, 0.25) is 0 Å². The molecular formula is C20H19N3O4. The molecule has 138 valence electrons. The number of carbonyl (C=O) groups excluding carboxylic acids is 1. The minimum absolute atomic E-state index is 0.00535. The number of hydrogen-bond donors (Lipinski definition) is 0. The van der Waals surface area contributed by atoms with Crippen LogP contribution < -0.4 is 0 Å². The summed E-state index contributed by atoms with van der Waals surface area (Å²) in [5, 5.41) is 15.9. The number of nitro benzene ring substituents is 1. The van der Waals surface area contributed by atoms with Crippen molar-refractivity contribution < 1.29 is 14.5 Å². The number of carbonyl (C=O) groups is 1. The number of benzene rings is 2. The molecule has 0 aliphatic carbocycles. The largest absolute Gasteiger partial charge is 0.462 e. The molecule has 0 aliphatic heterocycles. The van der Waals surface area contributed by atoms with Crippen molar-refractivity contribution in [1.29, 1.82) is 0 Å². The van der Waals surface area contributed by atoms with E-state index >= 15 is 0 Å². The first-order chi connectivity index (χ1) is 13.0. The van der Waals surface area contributed by atoms with Crippen LogP contribution in [0.1, 0.15) is 34.2 Å². The van der Waals surface area contributed by atoms with Crippen LogP contribution in [0.25, 0.3) is 5.69 Å². The fraction of sp³-hybridized carbons (Fsp3) is 0.200. The first-order valence-electron chi connectivity index (χ1n) is 8.56. The standard InChI is InChI=1S/C20H19N3O4/c1-3-27-20(24)19-14(2)21-22(16-10-5-4-6-11-16)18(19)13-15-9-7-8-12-17(15)23(25)26/h4-12H,3,13H2,1-2H3. The molecule has 0 bridgehead atoms. The summed E-state index contributed by atoms with van der Waals surface area (Å²) in [6.45, 7) is 3.70. The van der Waals surface area contributed by atoms with Crippen LogP contribution in [0.4, 0.5) is 5.69 Å². The zero-order valence-electron chi connectivity index (χ0n) is 15.1. The van der Waals surface area contributed by atoms with Gasteiger partial charge in [-0.2, -0.15) is 5.10 Å². The maximum atomic E-state index is 12.5. The third-order valence-electron chi connectivity index (χ3n) is 4.18. The van der Waals surface area contributed by atoms with Crippen molar-refractivity contribution in [3.63, 3.8) is 0 Å². The van der Waals surface area contributed by atoms with E-state index in [1.165, 1.54) is 6.07 Å². The van der Waals surface area contributed by atoms with Gasteiger partial charge in [0, 0.05) is 18.1 Å². The summed E-state index contributed by atoms with van der Waals surface area (Å²) < 4.78 is 6.84. The van der Waals surface area contributed by atoms with Crippen LogP contribution in [0.5, 0.6) is 0 Å². The van der Waals surface area contributed by atoms with Gasteiger partial charge in [-0.3, -0.25) is 10.1 Å². The second kappa shape index (κ2) is 7.82. The fourth-order valence-corrected chi connectivity index (χ4v) is 3.01. The molecule has 3 aromatic rings. The topological polar surface area (TPSA) is 87.3 Å². The molecule has 3 rings (SSSR count). The van der Waals surface area contributed by atoms with Crippen molar-refractivity contribution in [3.05, 3.63) is 87.2 Å². The summed E-state index contributed by atoms with van der Waals surface area (Å²) in [5.74, 6) is -0.481. The van der Waals surface area contributed by atoms with Gasteiger partial charge in [-0.1, -0.05) is 36.4 Å². The number of aryl methyl sites for hydroxylation is 1. The lowest BCUT2D eigenvalue weighted by Gasteiger charge is -2.10. The van der Waals surface area contributed by atoms with E-state index < -0.39 is 10.9 Å². The summed E-state index contributed by atoms with van der Waals surface area (Å²) >= 11 is 0. The molecule has 0 amide bonds. The highest BCUT2D eigenvalue weighted by Gasteiger charge is 2.25. The number of para-hydroxylation sites is 2. The zero-order chi connectivity index (χ0) is 19.4. The molecule has 1 aromatic heterocycles. The Labute approximate surface area is 156 Å². The smallest absolute Gasteiger partial charge is 0.341 e. The third-order valence-corrected chi connectivity index (χ3v) is 4.18. The van der Waals surface area contributed by atoms with Crippen LogP contribution in [-0.2, 0) is 11.2 Å². The van der Waals surface area contributed by atoms with Gasteiger partial charge in [0.05, 0.1) is 28.6 Å². The van der Waals surface area contributed by atoms with E-state index in [-0.39, 0.29) is 18.7 Å². The van der Waals surface area contributed by atoms with E-state index in [0.29, 0.717) is 22.5 Å². The molecule has 7 heteroatoms. The van der Waals surface area contributed by atoms with Crippen LogP contribution in [0.15, 0.2) is 54.6 Å². The number of rotatable bonds is 6. The predicted molar refractivity (Wildman–Crippen MR) is 100 cm³/mol. The van der Waals surface area contributed by atoms with Crippen molar-refractivity contribution in [3.8, 4) is 5.69 Å². The number of hydrogen-bond acceptors (Lipinski definition) is 5. The molecule has 0 radical (unpaired) electrons. The first kappa shape index (κ1) is 18.3. The molecule has 2 aromatic carbocycles. The summed E-state index contributed by atoms with van der Waals surface area (Å²) in [5.41, 5.74) is 2.71. The van der Waals surface area contributed by atoms with E-state index in [9.17, 15) is 14.9 Å². The van der Waals surface area contributed by atoms with Crippen LogP contribution >= 0.6 is 0 Å². The Morgan fingerprint density at radius 3 is 2.48 bits per heavy atom. The Bertz CT molecular complexity index is 980. The van der Waals surface area contributed by atoms with E-state index in [2.05, 4.69) is 5.10 Å². The molecule has 7 nitrogen and oxygen atoms in total. The van der Waals surface area contributed by atoms with E-state index in [4.69, 9.17) is 4.74 Å². The fourth-order valence-electron chi connectivity index (χ4n) is 3.01. The predicted octanol–water partition coefficient (Wildman–Crippen LogP) is 3.86. The number of aromatic nitrogens is 2. The van der Waals surface area contributed by atoms with E-state index in [0.717, 1.165) is 5.69 Å². The van der Waals surface area contributed by atoms with Crippen LogP contribution in [0, 0.1) is 17.0 Å². The quantitative estimate of drug-likeness (QED) is 0.376. The van der Waals surface area contributed by atoms with Gasteiger partial charge in [-0.05, 0) is 26.0 Å². The number of nitrogens with zero attached hydrogens (tertiary/aromatic N) is 3. The number of ether oxygens (including phenoxy) is 1. The monoisotopic (exact) mass is 365 g/mol. The summed E-state index contributed by atoms with van der Waals surface area (Å²) in [7, 11) is 0. The van der Waals surface area contributed by atoms with Crippen molar-refractivity contribution in [1.82, 2.24) is 9.78 Å². The Hall–Kier alpha value is -3.48. The molecule has 0 N–H and O–H groups in total. The maximum absolute atomic E-state index is 12.5. The average Bonchev–Trinajstić information content (AvgIpc) is 2.99. The summed E-state index contributed by atoms with van der Waals surface area (Å²) in [4.78, 5) is 23.5. The minimum Gasteiger partial charge on any atom is -0.462 e. The highest BCUT2D eigenvalue weighted by atomic mass is 16.6. The highest BCUT2D eigenvalue weighted by molar-refractivity contribution is 5.92. The molecule has 0 atom stereocenters. The maximum Gasteiger partial charge on any atom is 0.341 e. The molecule has 0 unspecified atom stereocenters. The SMILES string of the molecule is CCOC(=O)c1c(C)nn(-c2ccccc2)c1Cc1ccccc1[N+](=O)[O-]. The van der Waals surface area contributed by atoms with Gasteiger partial charge in [0.1, 0.15) is 5.56 Å². The van der Waals surface area contributed by atoms with Crippen molar-refractivity contribution in [2.24, 2.45) is 0 Å². The van der Waals surface area contributed by atoms with Gasteiger partial charge >= 0.3 is 5.97 Å². The second-order valence-corrected chi connectivity index (χ2v) is 5.94. The molecule has 0 saturated carbocycles. The first-order valence-corrected chi connectivity index (χ1v) is 8.56. The Balaban J connectivity index is 2.17. The minimum atomic E-state index is -0.481. The van der Waals surface area contributed by atoms with Crippen LogP contribution in [0.3, 0.4) is 0 Å². The van der Waals surface area contributed by atoms with Crippen LogP contribution in [0.2, 0.25) is 0 Å².